The van der Waals surface area contributed by atoms with Crippen LogP contribution >= 0.6 is 0 Å². The molecule has 0 atom stereocenters. The molecular formula is C14H14N2O2S. The number of benzene rings is 1. The van der Waals surface area contributed by atoms with E-state index in [9.17, 15) is 8.42 Å². The van der Waals surface area contributed by atoms with Crippen molar-refractivity contribution >= 4 is 9.84 Å². The number of aryl methyl sites for hydroxylation is 1. The van der Waals surface area contributed by atoms with E-state index in [0.717, 1.165) is 5.56 Å². The van der Waals surface area contributed by atoms with Crippen LogP contribution in [0, 0.1) is 18.3 Å². The Bertz CT molecular complexity index is 692. The van der Waals surface area contributed by atoms with Crippen LogP contribution in [-0.2, 0) is 9.84 Å². The smallest absolute Gasteiger partial charge is 0.204 e. The fourth-order valence-corrected chi connectivity index (χ4v) is 3.34. The van der Waals surface area contributed by atoms with Crippen molar-refractivity contribution in [2.75, 3.05) is 7.05 Å². The summed E-state index contributed by atoms with van der Waals surface area (Å²) in [6, 6.07) is 8.73. The maximum absolute atomic E-state index is 12.5. The molecule has 0 fully saturated rings. The molecule has 1 aromatic carbocycles. The van der Waals surface area contributed by atoms with Gasteiger partial charge in [0.25, 0.3) is 0 Å². The summed E-state index contributed by atoms with van der Waals surface area (Å²) in [6.07, 6.45) is 3.33. The molecule has 0 saturated heterocycles. The Labute approximate surface area is 113 Å². The molecule has 0 amide bonds. The molecule has 19 heavy (non-hydrogen) atoms. The summed E-state index contributed by atoms with van der Waals surface area (Å²) in [5.74, 6) is 0. The molecule has 0 bridgehead atoms. The predicted octanol–water partition coefficient (Wildman–Crippen LogP) is 2.35. The molecule has 0 saturated carbocycles. The van der Waals surface area contributed by atoms with E-state index in [1.165, 1.54) is 0 Å². The second-order valence-electron chi connectivity index (χ2n) is 4.52. The fourth-order valence-electron chi connectivity index (χ4n) is 1.89. The molecule has 4 nitrogen and oxygen atoms in total. The fraction of sp³-hybridized carbons (Fsp3) is 0.214. The van der Waals surface area contributed by atoms with E-state index in [4.69, 9.17) is 5.26 Å². The highest BCUT2D eigenvalue weighted by Crippen LogP contribution is 2.27. The quantitative estimate of drug-likeness (QED) is 0.830. The Hall–Kier alpha value is -2.06. The lowest BCUT2D eigenvalue weighted by Crippen LogP contribution is -2.15. The normalized spacial score (nSPS) is 15.5. The molecule has 0 radical (unpaired) electrons. The van der Waals surface area contributed by atoms with Gasteiger partial charge in [-0.25, -0.2) is 8.42 Å². The van der Waals surface area contributed by atoms with Crippen LogP contribution in [0.1, 0.15) is 12.0 Å². The zero-order valence-corrected chi connectivity index (χ0v) is 11.6. The third kappa shape index (κ3) is 2.69. The minimum atomic E-state index is -3.53. The van der Waals surface area contributed by atoms with Crippen molar-refractivity contribution in [3.05, 3.63) is 52.7 Å². The summed E-state index contributed by atoms with van der Waals surface area (Å²) in [4.78, 5) is 2.11. The van der Waals surface area contributed by atoms with Crippen LogP contribution in [-0.4, -0.2) is 20.4 Å². The molecular weight excluding hydrogens is 260 g/mol. The van der Waals surface area contributed by atoms with Gasteiger partial charge >= 0.3 is 0 Å². The number of allylic oxidation sites excluding steroid dienone is 2. The number of sulfone groups is 1. The largest absolute Gasteiger partial charge is 0.355 e. The second-order valence-corrected chi connectivity index (χ2v) is 6.52. The van der Waals surface area contributed by atoms with Crippen molar-refractivity contribution in [2.24, 2.45) is 0 Å². The van der Waals surface area contributed by atoms with Crippen molar-refractivity contribution in [1.29, 1.82) is 5.26 Å². The van der Waals surface area contributed by atoms with E-state index in [1.807, 2.05) is 13.0 Å². The zero-order valence-electron chi connectivity index (χ0n) is 10.8. The number of hydrogen-bond donors (Lipinski definition) is 0. The van der Waals surface area contributed by atoms with Crippen molar-refractivity contribution in [3.63, 3.8) is 0 Å². The van der Waals surface area contributed by atoms with Gasteiger partial charge in [0.05, 0.1) is 21.4 Å². The molecule has 0 unspecified atom stereocenters. The number of rotatable bonds is 2. The zero-order chi connectivity index (χ0) is 14.0. The van der Waals surface area contributed by atoms with Crippen LogP contribution in [0.2, 0.25) is 0 Å². The van der Waals surface area contributed by atoms with E-state index < -0.39 is 9.84 Å². The molecule has 98 valence electrons. The Morgan fingerprint density at radius 3 is 2.42 bits per heavy atom. The maximum Gasteiger partial charge on any atom is 0.204 e. The lowest BCUT2D eigenvalue weighted by Gasteiger charge is -2.19. The Morgan fingerprint density at radius 1 is 1.21 bits per heavy atom. The first-order chi connectivity index (χ1) is 8.93. The van der Waals surface area contributed by atoms with E-state index in [0.29, 0.717) is 5.57 Å². The Morgan fingerprint density at radius 2 is 1.84 bits per heavy atom. The van der Waals surface area contributed by atoms with Crippen LogP contribution in [0.3, 0.4) is 0 Å². The van der Waals surface area contributed by atoms with Crippen molar-refractivity contribution in [2.45, 2.75) is 18.2 Å². The van der Waals surface area contributed by atoms with Gasteiger partial charge in [-0.3, -0.25) is 0 Å². The van der Waals surface area contributed by atoms with Gasteiger partial charge in [-0.05, 0) is 19.1 Å². The van der Waals surface area contributed by atoms with E-state index >= 15 is 0 Å². The highest BCUT2D eigenvalue weighted by molar-refractivity contribution is 7.95. The standard InChI is InChI=1S/C14H14N2O2S/c1-11-3-5-13(6-4-11)19(17,18)14-7-12(8-15)9-16(2)10-14/h3-6,9-10H,7H2,1-2H3. The monoisotopic (exact) mass is 274 g/mol. The van der Waals surface area contributed by atoms with Gasteiger partial charge in [0.15, 0.2) is 0 Å². The van der Waals surface area contributed by atoms with Gasteiger partial charge in [-0.2, -0.15) is 5.26 Å². The highest BCUT2D eigenvalue weighted by Gasteiger charge is 2.24. The first kappa shape index (κ1) is 13.4. The molecule has 1 aliphatic rings. The summed E-state index contributed by atoms with van der Waals surface area (Å²) in [5, 5.41) is 8.93. The molecule has 1 aromatic rings. The average molecular weight is 274 g/mol. The molecule has 1 heterocycles. The summed E-state index contributed by atoms with van der Waals surface area (Å²) >= 11 is 0. The van der Waals surface area contributed by atoms with Crippen LogP contribution in [0.4, 0.5) is 0 Å². The summed E-state index contributed by atoms with van der Waals surface area (Å²) < 4.78 is 24.9. The van der Waals surface area contributed by atoms with Gasteiger partial charge in [-0.1, -0.05) is 17.7 Å². The first-order valence-electron chi connectivity index (χ1n) is 5.78. The van der Waals surface area contributed by atoms with Crippen molar-refractivity contribution in [3.8, 4) is 6.07 Å². The third-order valence-electron chi connectivity index (χ3n) is 2.89. The minimum Gasteiger partial charge on any atom is -0.355 e. The number of nitriles is 1. The van der Waals surface area contributed by atoms with Crippen molar-refractivity contribution in [1.82, 2.24) is 4.90 Å². The molecule has 0 aliphatic carbocycles. The lowest BCUT2D eigenvalue weighted by molar-refractivity contribution is 0.583. The first-order valence-corrected chi connectivity index (χ1v) is 7.27. The van der Waals surface area contributed by atoms with Gasteiger partial charge in [-0.15, -0.1) is 0 Å². The van der Waals surface area contributed by atoms with Gasteiger partial charge in [0, 0.05) is 25.9 Å². The topological polar surface area (TPSA) is 61.2 Å². The van der Waals surface area contributed by atoms with Gasteiger partial charge in [0.1, 0.15) is 0 Å². The van der Waals surface area contributed by atoms with E-state index in [-0.39, 0.29) is 16.2 Å². The molecule has 1 aliphatic heterocycles. The van der Waals surface area contributed by atoms with E-state index in [2.05, 4.69) is 0 Å². The molecule has 5 heteroatoms. The van der Waals surface area contributed by atoms with Crippen LogP contribution < -0.4 is 0 Å². The SMILES string of the molecule is Cc1ccc(S(=O)(=O)C2=CN(C)C=C(C#N)C2)cc1. The van der Waals surface area contributed by atoms with Gasteiger partial charge < -0.3 is 4.90 Å². The number of nitrogens with zero attached hydrogens (tertiary/aromatic N) is 2. The summed E-state index contributed by atoms with van der Waals surface area (Å²) in [7, 11) is -1.82. The molecule has 2 rings (SSSR count). The molecule has 0 spiro atoms. The third-order valence-corrected chi connectivity index (χ3v) is 4.72. The summed E-state index contributed by atoms with van der Waals surface area (Å²) in [5.41, 5.74) is 1.45. The van der Waals surface area contributed by atoms with Crippen LogP contribution in [0.5, 0.6) is 0 Å². The highest BCUT2D eigenvalue weighted by atomic mass is 32.2. The minimum absolute atomic E-state index is 0.150. The van der Waals surface area contributed by atoms with E-state index in [1.54, 1.807) is 48.6 Å². The van der Waals surface area contributed by atoms with Crippen LogP contribution in [0.15, 0.2) is 52.0 Å². The lowest BCUT2D eigenvalue weighted by atomic mass is 10.2. The number of hydrogen-bond acceptors (Lipinski definition) is 4. The second kappa shape index (κ2) is 4.90. The Balaban J connectivity index is 2.41. The molecule has 0 aromatic heterocycles. The van der Waals surface area contributed by atoms with Crippen molar-refractivity contribution < 1.29 is 8.42 Å². The summed E-state index contributed by atoms with van der Waals surface area (Å²) in [6.45, 7) is 1.90. The van der Waals surface area contributed by atoms with Crippen LogP contribution in [0.25, 0.3) is 0 Å². The van der Waals surface area contributed by atoms with Gasteiger partial charge in [0.2, 0.25) is 9.84 Å². The Kier molecular flexibility index (Phi) is 3.45. The maximum atomic E-state index is 12.5. The molecule has 0 N–H and O–H groups in total. The average Bonchev–Trinajstić information content (AvgIpc) is 2.38. The predicted molar refractivity (Wildman–Crippen MR) is 72.5 cm³/mol.